The van der Waals surface area contributed by atoms with Gasteiger partial charge in [0.1, 0.15) is 11.3 Å². The molecule has 2 aromatic rings. The monoisotopic (exact) mass is 296 g/mol. The van der Waals surface area contributed by atoms with Gasteiger partial charge in [0, 0.05) is 23.8 Å². The Kier molecular flexibility index (Phi) is 3.44. The third-order valence-corrected chi connectivity index (χ3v) is 2.87. The number of carbonyl (C=O) groups excluding carboxylic acids is 1. The van der Waals surface area contributed by atoms with Crippen molar-refractivity contribution in [2.75, 3.05) is 13.1 Å². The van der Waals surface area contributed by atoms with E-state index in [1.807, 2.05) is 25.3 Å². The number of hydrogen-bond acceptors (Lipinski definition) is 3. The largest absolute Gasteiger partial charge is 0.349 e. The Bertz CT molecular complexity index is 564. The molecule has 17 heavy (non-hydrogen) atoms. The molecule has 2 rings (SSSR count). The molecule has 5 nitrogen and oxygen atoms in total. The first-order chi connectivity index (χ1) is 8.13. The number of nitrogens with zero attached hydrogens (tertiary/aromatic N) is 2. The summed E-state index contributed by atoms with van der Waals surface area (Å²) in [5, 5.41) is 2.75. The second-order valence-corrected chi connectivity index (χ2v) is 4.58. The van der Waals surface area contributed by atoms with Gasteiger partial charge in [-0.2, -0.15) is 0 Å². The molecule has 0 unspecified atom stereocenters. The minimum absolute atomic E-state index is 0.154. The van der Waals surface area contributed by atoms with Crippen molar-refractivity contribution < 1.29 is 4.79 Å². The van der Waals surface area contributed by atoms with Crippen LogP contribution in [-0.2, 0) is 0 Å². The Morgan fingerprint density at radius 3 is 3.06 bits per heavy atom. The SMILES string of the molecule is Cc1nc2ccc(Br)cn2c1C(=O)NCCN. The topological polar surface area (TPSA) is 72.4 Å². The van der Waals surface area contributed by atoms with E-state index in [0.29, 0.717) is 24.5 Å². The van der Waals surface area contributed by atoms with Crippen molar-refractivity contribution >= 4 is 27.5 Å². The van der Waals surface area contributed by atoms with Crippen LogP contribution >= 0.6 is 15.9 Å². The lowest BCUT2D eigenvalue weighted by atomic mass is 10.3. The first-order valence-electron chi connectivity index (χ1n) is 5.26. The predicted octanol–water partition coefficient (Wildman–Crippen LogP) is 1.09. The summed E-state index contributed by atoms with van der Waals surface area (Å²) in [5.41, 5.74) is 7.37. The van der Waals surface area contributed by atoms with E-state index in [1.54, 1.807) is 4.40 Å². The molecule has 0 atom stereocenters. The van der Waals surface area contributed by atoms with E-state index < -0.39 is 0 Å². The maximum Gasteiger partial charge on any atom is 0.270 e. The van der Waals surface area contributed by atoms with E-state index in [9.17, 15) is 4.79 Å². The molecule has 0 fully saturated rings. The Morgan fingerprint density at radius 1 is 1.59 bits per heavy atom. The third-order valence-electron chi connectivity index (χ3n) is 2.40. The van der Waals surface area contributed by atoms with Gasteiger partial charge in [0.2, 0.25) is 0 Å². The van der Waals surface area contributed by atoms with Gasteiger partial charge in [-0.3, -0.25) is 9.20 Å². The fourth-order valence-electron chi connectivity index (χ4n) is 1.68. The minimum Gasteiger partial charge on any atom is -0.349 e. The summed E-state index contributed by atoms with van der Waals surface area (Å²) in [6, 6.07) is 3.75. The minimum atomic E-state index is -0.154. The molecule has 1 amide bonds. The number of carbonyl (C=O) groups is 1. The van der Waals surface area contributed by atoms with E-state index in [1.165, 1.54) is 0 Å². The zero-order valence-corrected chi connectivity index (χ0v) is 11.0. The molecule has 0 saturated carbocycles. The number of pyridine rings is 1. The number of amides is 1. The van der Waals surface area contributed by atoms with Gasteiger partial charge in [-0.25, -0.2) is 4.98 Å². The number of nitrogens with one attached hydrogen (secondary N) is 1. The van der Waals surface area contributed by atoms with Gasteiger partial charge in [0.25, 0.3) is 5.91 Å². The Balaban J connectivity index is 2.48. The van der Waals surface area contributed by atoms with Crippen LogP contribution in [0.2, 0.25) is 0 Å². The van der Waals surface area contributed by atoms with Gasteiger partial charge < -0.3 is 11.1 Å². The predicted molar refractivity (Wildman–Crippen MR) is 69.0 cm³/mol. The van der Waals surface area contributed by atoms with Crippen molar-refractivity contribution in [1.29, 1.82) is 0 Å². The second-order valence-electron chi connectivity index (χ2n) is 3.67. The number of aryl methyl sites for hydroxylation is 1. The number of hydrogen-bond donors (Lipinski definition) is 2. The molecule has 2 heterocycles. The van der Waals surface area contributed by atoms with E-state index >= 15 is 0 Å². The van der Waals surface area contributed by atoms with Crippen LogP contribution in [0, 0.1) is 6.92 Å². The van der Waals surface area contributed by atoms with Gasteiger partial charge in [-0.05, 0) is 35.0 Å². The third kappa shape index (κ3) is 2.32. The maximum absolute atomic E-state index is 12.0. The van der Waals surface area contributed by atoms with Crippen molar-refractivity contribution in [2.24, 2.45) is 5.73 Å². The number of nitrogens with two attached hydrogens (primary N) is 1. The first kappa shape index (κ1) is 12.1. The maximum atomic E-state index is 12.0. The lowest BCUT2D eigenvalue weighted by Gasteiger charge is -2.04. The normalized spacial score (nSPS) is 10.8. The highest BCUT2D eigenvalue weighted by Crippen LogP contribution is 2.16. The quantitative estimate of drug-likeness (QED) is 0.891. The number of aromatic nitrogens is 2. The molecule has 0 spiro atoms. The van der Waals surface area contributed by atoms with E-state index in [4.69, 9.17) is 5.73 Å². The Labute approximate surface area is 107 Å². The van der Waals surface area contributed by atoms with Crippen LogP contribution in [0.4, 0.5) is 0 Å². The van der Waals surface area contributed by atoms with Crippen molar-refractivity contribution in [3.63, 3.8) is 0 Å². The molecule has 0 saturated heterocycles. The standard InChI is InChI=1S/C11H13BrN4O/c1-7-10(11(17)14-5-4-13)16-6-8(12)2-3-9(16)15-7/h2-3,6H,4-5,13H2,1H3,(H,14,17). The molecule has 0 aliphatic rings. The summed E-state index contributed by atoms with van der Waals surface area (Å²) in [6.07, 6.45) is 1.83. The summed E-state index contributed by atoms with van der Waals surface area (Å²) in [6.45, 7) is 2.70. The fraction of sp³-hybridized carbons (Fsp3) is 0.273. The lowest BCUT2D eigenvalue weighted by molar-refractivity contribution is 0.0948. The van der Waals surface area contributed by atoms with E-state index in [0.717, 1.165) is 10.1 Å². The van der Waals surface area contributed by atoms with Gasteiger partial charge >= 0.3 is 0 Å². The average Bonchev–Trinajstić information content (AvgIpc) is 2.61. The van der Waals surface area contributed by atoms with Crippen LogP contribution in [0.15, 0.2) is 22.8 Å². The zero-order valence-electron chi connectivity index (χ0n) is 9.40. The van der Waals surface area contributed by atoms with Crippen LogP contribution in [0.5, 0.6) is 0 Å². The fourth-order valence-corrected chi connectivity index (χ4v) is 2.02. The number of rotatable bonds is 3. The van der Waals surface area contributed by atoms with Gasteiger partial charge in [0.15, 0.2) is 0 Å². The summed E-state index contributed by atoms with van der Waals surface area (Å²) in [4.78, 5) is 16.3. The van der Waals surface area contributed by atoms with Crippen LogP contribution in [-0.4, -0.2) is 28.4 Å². The summed E-state index contributed by atoms with van der Waals surface area (Å²) < 4.78 is 2.67. The molecule has 6 heteroatoms. The molecule has 0 aliphatic heterocycles. The average molecular weight is 297 g/mol. The van der Waals surface area contributed by atoms with Gasteiger partial charge in [-0.15, -0.1) is 0 Å². The highest BCUT2D eigenvalue weighted by atomic mass is 79.9. The van der Waals surface area contributed by atoms with Crippen LogP contribution in [0.3, 0.4) is 0 Å². The Hall–Kier alpha value is -1.40. The van der Waals surface area contributed by atoms with Crippen LogP contribution in [0.25, 0.3) is 5.65 Å². The first-order valence-corrected chi connectivity index (χ1v) is 6.05. The number of imidazole rings is 1. The van der Waals surface area contributed by atoms with Gasteiger partial charge in [-0.1, -0.05) is 0 Å². The second kappa shape index (κ2) is 4.85. The van der Waals surface area contributed by atoms with Crippen molar-refractivity contribution in [3.8, 4) is 0 Å². The molecule has 2 aromatic heterocycles. The molecule has 0 aromatic carbocycles. The molecule has 0 radical (unpaired) electrons. The molecular weight excluding hydrogens is 284 g/mol. The van der Waals surface area contributed by atoms with E-state index in [-0.39, 0.29) is 5.91 Å². The molecule has 90 valence electrons. The molecule has 3 N–H and O–H groups in total. The summed E-state index contributed by atoms with van der Waals surface area (Å²) >= 11 is 3.38. The van der Waals surface area contributed by atoms with E-state index in [2.05, 4.69) is 26.2 Å². The van der Waals surface area contributed by atoms with Crippen molar-refractivity contribution in [1.82, 2.24) is 14.7 Å². The summed E-state index contributed by atoms with van der Waals surface area (Å²) in [5.74, 6) is -0.154. The van der Waals surface area contributed by atoms with Gasteiger partial charge in [0.05, 0.1) is 5.69 Å². The number of halogens is 1. The van der Waals surface area contributed by atoms with Crippen molar-refractivity contribution in [3.05, 3.63) is 34.2 Å². The smallest absolute Gasteiger partial charge is 0.270 e. The van der Waals surface area contributed by atoms with Crippen molar-refractivity contribution in [2.45, 2.75) is 6.92 Å². The molecular formula is C11H13BrN4O. The molecule has 0 aliphatic carbocycles. The Morgan fingerprint density at radius 2 is 2.35 bits per heavy atom. The number of fused-ring (bicyclic) bond motifs is 1. The zero-order chi connectivity index (χ0) is 12.4. The van der Waals surface area contributed by atoms with Crippen LogP contribution in [0.1, 0.15) is 16.2 Å². The van der Waals surface area contributed by atoms with Crippen LogP contribution < -0.4 is 11.1 Å². The highest BCUT2D eigenvalue weighted by molar-refractivity contribution is 9.10. The summed E-state index contributed by atoms with van der Waals surface area (Å²) in [7, 11) is 0. The lowest BCUT2D eigenvalue weighted by Crippen LogP contribution is -2.30. The highest BCUT2D eigenvalue weighted by Gasteiger charge is 2.15. The molecule has 0 bridgehead atoms.